The number of methoxy groups -OCH3 is 1. The van der Waals surface area contributed by atoms with Gasteiger partial charge in [-0.05, 0) is 18.2 Å². The summed E-state index contributed by atoms with van der Waals surface area (Å²) in [5, 5.41) is 3.40. The molecule has 0 unspecified atom stereocenters. The molecule has 5 nitrogen and oxygen atoms in total. The van der Waals surface area contributed by atoms with Gasteiger partial charge in [0.25, 0.3) is 0 Å². The molecular weight excluding hydrogens is 254 g/mol. The predicted octanol–water partition coefficient (Wildman–Crippen LogP) is 2.66. The average Bonchev–Trinajstić information content (AvgIpc) is 2.41. The number of carbonyl (C=O) groups excluding carboxylic acids is 1. The van der Waals surface area contributed by atoms with Crippen LogP contribution >= 0.6 is 11.6 Å². The summed E-state index contributed by atoms with van der Waals surface area (Å²) in [7, 11) is 1.31. The molecule has 0 radical (unpaired) electrons. The molecule has 0 spiro atoms. The number of hydrogen-bond donors (Lipinski definition) is 1. The molecular formula is C12H10ClN3O2. The molecule has 92 valence electrons. The second kappa shape index (κ2) is 5.46. The van der Waals surface area contributed by atoms with E-state index in [4.69, 9.17) is 11.6 Å². The summed E-state index contributed by atoms with van der Waals surface area (Å²) >= 11 is 5.92. The number of hydrogen-bond acceptors (Lipinski definition) is 5. The largest absolute Gasteiger partial charge is 0.465 e. The number of halogens is 1. The molecule has 0 fully saturated rings. The van der Waals surface area contributed by atoms with Crippen LogP contribution in [0.2, 0.25) is 5.02 Å². The van der Waals surface area contributed by atoms with Gasteiger partial charge in [-0.15, -0.1) is 0 Å². The highest BCUT2D eigenvalue weighted by molar-refractivity contribution is 6.33. The number of benzene rings is 1. The fourth-order valence-electron chi connectivity index (χ4n) is 1.40. The Bertz CT molecular complexity index is 561. The second-order valence-corrected chi connectivity index (χ2v) is 3.85. The zero-order valence-corrected chi connectivity index (χ0v) is 10.3. The van der Waals surface area contributed by atoms with Gasteiger partial charge in [0.05, 0.1) is 35.8 Å². The molecule has 0 saturated carbocycles. The van der Waals surface area contributed by atoms with Gasteiger partial charge in [-0.2, -0.15) is 0 Å². The lowest BCUT2D eigenvalue weighted by atomic mass is 10.2. The Labute approximate surface area is 109 Å². The molecule has 0 atom stereocenters. The maximum Gasteiger partial charge on any atom is 0.339 e. The summed E-state index contributed by atoms with van der Waals surface area (Å²) in [6.45, 7) is 0. The van der Waals surface area contributed by atoms with Gasteiger partial charge in [-0.1, -0.05) is 11.6 Å². The zero-order valence-electron chi connectivity index (χ0n) is 9.55. The Morgan fingerprint density at radius 1 is 1.28 bits per heavy atom. The molecule has 1 heterocycles. The van der Waals surface area contributed by atoms with Crippen molar-refractivity contribution in [3.63, 3.8) is 0 Å². The van der Waals surface area contributed by atoms with Crippen LogP contribution in [0, 0.1) is 0 Å². The number of esters is 1. The molecule has 0 aliphatic heterocycles. The SMILES string of the molecule is COC(=O)c1cc(Nc2cncnc2)ccc1Cl. The van der Waals surface area contributed by atoms with Gasteiger partial charge >= 0.3 is 5.97 Å². The van der Waals surface area contributed by atoms with Gasteiger partial charge < -0.3 is 10.1 Å². The molecule has 6 heteroatoms. The Morgan fingerprint density at radius 2 is 2.00 bits per heavy atom. The minimum absolute atomic E-state index is 0.306. The van der Waals surface area contributed by atoms with Gasteiger partial charge in [0, 0.05) is 5.69 Å². The van der Waals surface area contributed by atoms with Crippen LogP contribution in [0.15, 0.2) is 36.9 Å². The third kappa shape index (κ3) is 2.75. The third-order valence-electron chi connectivity index (χ3n) is 2.22. The number of nitrogens with one attached hydrogen (secondary N) is 1. The molecule has 1 aromatic heterocycles. The Kier molecular flexibility index (Phi) is 3.74. The maximum absolute atomic E-state index is 11.5. The van der Waals surface area contributed by atoms with Crippen molar-refractivity contribution in [2.24, 2.45) is 0 Å². The van der Waals surface area contributed by atoms with Gasteiger partial charge in [-0.3, -0.25) is 0 Å². The summed E-state index contributed by atoms with van der Waals surface area (Å²) in [6, 6.07) is 4.99. The molecule has 0 saturated heterocycles. The summed E-state index contributed by atoms with van der Waals surface area (Å²) in [5.74, 6) is -0.479. The van der Waals surface area contributed by atoms with E-state index in [1.807, 2.05) is 0 Å². The van der Waals surface area contributed by atoms with Crippen molar-refractivity contribution in [1.29, 1.82) is 0 Å². The van der Waals surface area contributed by atoms with Crippen molar-refractivity contribution < 1.29 is 9.53 Å². The molecule has 0 amide bonds. The van der Waals surface area contributed by atoms with E-state index in [1.165, 1.54) is 13.4 Å². The Morgan fingerprint density at radius 3 is 2.67 bits per heavy atom. The summed E-state index contributed by atoms with van der Waals surface area (Å²) in [5.41, 5.74) is 1.73. The van der Waals surface area contributed by atoms with E-state index in [9.17, 15) is 4.79 Å². The maximum atomic E-state index is 11.5. The monoisotopic (exact) mass is 263 g/mol. The quantitative estimate of drug-likeness (QED) is 0.863. The topological polar surface area (TPSA) is 64.1 Å². The fourth-order valence-corrected chi connectivity index (χ4v) is 1.59. The smallest absolute Gasteiger partial charge is 0.339 e. The van der Waals surface area contributed by atoms with Crippen LogP contribution in [-0.4, -0.2) is 23.0 Å². The van der Waals surface area contributed by atoms with Crippen LogP contribution in [-0.2, 0) is 4.74 Å². The van der Waals surface area contributed by atoms with Gasteiger partial charge in [-0.25, -0.2) is 14.8 Å². The van der Waals surface area contributed by atoms with Crippen LogP contribution in [0.25, 0.3) is 0 Å². The first-order valence-electron chi connectivity index (χ1n) is 5.10. The predicted molar refractivity (Wildman–Crippen MR) is 68.1 cm³/mol. The molecule has 1 N–H and O–H groups in total. The highest BCUT2D eigenvalue weighted by Crippen LogP contribution is 2.23. The minimum atomic E-state index is -0.479. The van der Waals surface area contributed by atoms with Crippen molar-refractivity contribution in [3.8, 4) is 0 Å². The summed E-state index contributed by atoms with van der Waals surface area (Å²) < 4.78 is 4.65. The van der Waals surface area contributed by atoms with E-state index in [2.05, 4.69) is 20.0 Å². The highest BCUT2D eigenvalue weighted by Gasteiger charge is 2.11. The van der Waals surface area contributed by atoms with Gasteiger partial charge in [0.1, 0.15) is 6.33 Å². The molecule has 1 aromatic carbocycles. The van der Waals surface area contributed by atoms with Crippen molar-refractivity contribution in [2.75, 3.05) is 12.4 Å². The minimum Gasteiger partial charge on any atom is -0.465 e. The number of nitrogens with zero attached hydrogens (tertiary/aromatic N) is 2. The number of ether oxygens (including phenoxy) is 1. The van der Waals surface area contributed by atoms with E-state index < -0.39 is 5.97 Å². The van der Waals surface area contributed by atoms with E-state index in [1.54, 1.807) is 30.6 Å². The standard InChI is InChI=1S/C12H10ClN3O2/c1-18-12(17)10-4-8(2-3-11(10)13)16-9-5-14-7-15-6-9/h2-7,16H,1H3. The first-order chi connectivity index (χ1) is 8.70. The molecule has 18 heavy (non-hydrogen) atoms. The lowest BCUT2D eigenvalue weighted by Gasteiger charge is -2.08. The van der Waals surface area contributed by atoms with Crippen molar-refractivity contribution >= 4 is 28.9 Å². The van der Waals surface area contributed by atoms with E-state index in [-0.39, 0.29) is 0 Å². The van der Waals surface area contributed by atoms with Crippen LogP contribution in [0.1, 0.15) is 10.4 Å². The lowest BCUT2D eigenvalue weighted by molar-refractivity contribution is 0.0601. The Hall–Kier alpha value is -2.14. The second-order valence-electron chi connectivity index (χ2n) is 3.44. The van der Waals surface area contributed by atoms with E-state index in [0.717, 1.165) is 5.69 Å². The normalized spacial score (nSPS) is 9.89. The van der Waals surface area contributed by atoms with Crippen LogP contribution < -0.4 is 5.32 Å². The summed E-state index contributed by atoms with van der Waals surface area (Å²) in [6.07, 6.45) is 4.69. The number of anilines is 2. The van der Waals surface area contributed by atoms with Crippen LogP contribution in [0.4, 0.5) is 11.4 Å². The van der Waals surface area contributed by atoms with E-state index in [0.29, 0.717) is 16.3 Å². The van der Waals surface area contributed by atoms with Crippen LogP contribution in [0.3, 0.4) is 0 Å². The molecule has 0 aliphatic carbocycles. The summed E-state index contributed by atoms with van der Waals surface area (Å²) in [4.78, 5) is 19.2. The average molecular weight is 264 g/mol. The van der Waals surface area contributed by atoms with Crippen LogP contribution in [0.5, 0.6) is 0 Å². The first kappa shape index (κ1) is 12.3. The number of carbonyl (C=O) groups is 1. The number of aromatic nitrogens is 2. The third-order valence-corrected chi connectivity index (χ3v) is 2.55. The van der Waals surface area contributed by atoms with E-state index >= 15 is 0 Å². The number of rotatable bonds is 3. The Balaban J connectivity index is 2.27. The first-order valence-corrected chi connectivity index (χ1v) is 5.48. The van der Waals surface area contributed by atoms with Gasteiger partial charge in [0.2, 0.25) is 0 Å². The van der Waals surface area contributed by atoms with Gasteiger partial charge in [0.15, 0.2) is 0 Å². The van der Waals surface area contributed by atoms with Crippen molar-refractivity contribution in [1.82, 2.24) is 9.97 Å². The fraction of sp³-hybridized carbons (Fsp3) is 0.0833. The molecule has 2 rings (SSSR count). The zero-order chi connectivity index (χ0) is 13.0. The molecule has 0 aliphatic rings. The molecule has 0 bridgehead atoms. The van der Waals surface area contributed by atoms with Crippen molar-refractivity contribution in [3.05, 3.63) is 47.5 Å². The van der Waals surface area contributed by atoms with Crippen molar-refractivity contribution in [2.45, 2.75) is 0 Å². The lowest BCUT2D eigenvalue weighted by Crippen LogP contribution is -2.03. The highest BCUT2D eigenvalue weighted by atomic mass is 35.5. The molecule has 2 aromatic rings.